The maximum absolute atomic E-state index is 12.2. The highest BCUT2D eigenvalue weighted by atomic mass is 79.9. The number of sulfonamides is 1. The van der Waals surface area contributed by atoms with Crippen molar-refractivity contribution in [3.05, 3.63) is 50.6 Å². The SMILES string of the molecule is CC(N)c1ccc(S(=O)(=O)NCc2sccc2Br)cc1. The van der Waals surface area contributed by atoms with E-state index in [0.29, 0.717) is 0 Å². The van der Waals surface area contributed by atoms with Crippen LogP contribution in [-0.2, 0) is 16.6 Å². The lowest BCUT2D eigenvalue weighted by molar-refractivity contribution is 0.581. The van der Waals surface area contributed by atoms with Crippen LogP contribution < -0.4 is 10.5 Å². The molecule has 4 nitrogen and oxygen atoms in total. The molecule has 0 fully saturated rings. The van der Waals surface area contributed by atoms with E-state index >= 15 is 0 Å². The summed E-state index contributed by atoms with van der Waals surface area (Å²) in [5.41, 5.74) is 6.65. The third kappa shape index (κ3) is 3.67. The number of halogens is 1. The number of nitrogens with two attached hydrogens (primary N) is 1. The maximum Gasteiger partial charge on any atom is 0.240 e. The average molecular weight is 375 g/mol. The molecule has 0 saturated carbocycles. The Morgan fingerprint density at radius 1 is 1.30 bits per heavy atom. The molecule has 1 atom stereocenters. The van der Waals surface area contributed by atoms with Gasteiger partial charge >= 0.3 is 0 Å². The van der Waals surface area contributed by atoms with Crippen molar-refractivity contribution in [2.75, 3.05) is 0 Å². The highest BCUT2D eigenvalue weighted by Crippen LogP contribution is 2.23. The normalized spacial score (nSPS) is 13.3. The Hall–Kier alpha value is -0.730. The lowest BCUT2D eigenvalue weighted by Gasteiger charge is -2.09. The van der Waals surface area contributed by atoms with E-state index in [9.17, 15) is 8.42 Å². The van der Waals surface area contributed by atoms with Gasteiger partial charge in [0.15, 0.2) is 0 Å². The molecule has 0 aliphatic heterocycles. The highest BCUT2D eigenvalue weighted by Gasteiger charge is 2.15. The Balaban J connectivity index is 2.12. The molecule has 7 heteroatoms. The molecule has 0 aliphatic rings. The molecule has 3 N–H and O–H groups in total. The summed E-state index contributed by atoms with van der Waals surface area (Å²) < 4.78 is 27.8. The van der Waals surface area contributed by atoms with Crippen LogP contribution in [0.1, 0.15) is 23.4 Å². The van der Waals surface area contributed by atoms with Gasteiger partial charge in [0.05, 0.1) is 4.90 Å². The first-order chi connectivity index (χ1) is 9.40. The smallest absolute Gasteiger partial charge is 0.240 e. The van der Waals surface area contributed by atoms with Crippen molar-refractivity contribution < 1.29 is 8.42 Å². The molecule has 1 heterocycles. The molecule has 0 saturated heterocycles. The average Bonchev–Trinajstić information content (AvgIpc) is 2.82. The Morgan fingerprint density at radius 3 is 2.45 bits per heavy atom. The van der Waals surface area contributed by atoms with Crippen LogP contribution in [-0.4, -0.2) is 8.42 Å². The van der Waals surface area contributed by atoms with Gasteiger partial charge in [0.25, 0.3) is 0 Å². The predicted octanol–water partition coefficient (Wildman–Crippen LogP) is 3.01. The zero-order chi connectivity index (χ0) is 14.8. The van der Waals surface area contributed by atoms with Gasteiger partial charge in [-0.15, -0.1) is 11.3 Å². The number of thiophene rings is 1. The van der Waals surface area contributed by atoms with Gasteiger partial charge in [-0.1, -0.05) is 12.1 Å². The summed E-state index contributed by atoms with van der Waals surface area (Å²) in [6, 6.07) is 8.41. The summed E-state index contributed by atoms with van der Waals surface area (Å²) in [5.74, 6) is 0. The van der Waals surface area contributed by atoms with Gasteiger partial charge in [0.1, 0.15) is 0 Å². The van der Waals surface area contributed by atoms with Crippen LogP contribution >= 0.6 is 27.3 Å². The minimum Gasteiger partial charge on any atom is -0.324 e. The molecular weight excluding hydrogens is 360 g/mol. The monoisotopic (exact) mass is 374 g/mol. The summed E-state index contributed by atoms with van der Waals surface area (Å²) in [6.07, 6.45) is 0. The fraction of sp³-hybridized carbons (Fsp3) is 0.231. The molecule has 2 rings (SSSR count). The molecule has 0 aliphatic carbocycles. The van der Waals surface area contributed by atoms with Gasteiger partial charge in [-0.25, -0.2) is 13.1 Å². The number of hydrogen-bond acceptors (Lipinski definition) is 4. The van der Waals surface area contributed by atoms with Crippen LogP contribution in [0, 0.1) is 0 Å². The fourth-order valence-corrected chi connectivity index (χ4v) is 4.16. The molecular formula is C13H15BrN2O2S2. The second-order valence-electron chi connectivity index (χ2n) is 4.37. The van der Waals surface area contributed by atoms with Crippen LogP contribution in [0.25, 0.3) is 0 Å². The molecule has 0 spiro atoms. The third-order valence-electron chi connectivity index (χ3n) is 2.83. The minimum absolute atomic E-state index is 0.109. The fourth-order valence-electron chi connectivity index (χ4n) is 1.65. The number of benzene rings is 1. The summed E-state index contributed by atoms with van der Waals surface area (Å²) in [5, 5.41) is 1.91. The van der Waals surface area contributed by atoms with Crippen LogP contribution in [0.15, 0.2) is 45.1 Å². The number of hydrogen-bond donors (Lipinski definition) is 2. The summed E-state index contributed by atoms with van der Waals surface area (Å²) in [4.78, 5) is 1.19. The molecule has 1 aromatic heterocycles. The van der Waals surface area contributed by atoms with Crippen LogP contribution in [0.4, 0.5) is 0 Å². The second kappa shape index (κ2) is 6.36. The summed E-state index contributed by atoms with van der Waals surface area (Å²) in [7, 11) is -3.50. The molecule has 108 valence electrons. The lowest BCUT2D eigenvalue weighted by Crippen LogP contribution is -2.23. The van der Waals surface area contributed by atoms with Gasteiger partial charge in [-0.3, -0.25) is 0 Å². The Kier molecular flexibility index (Phi) is 4.98. The predicted molar refractivity (Wildman–Crippen MR) is 85.1 cm³/mol. The first-order valence-corrected chi connectivity index (χ1v) is 9.13. The van der Waals surface area contributed by atoms with Gasteiger partial charge in [0.2, 0.25) is 10.0 Å². The zero-order valence-corrected chi connectivity index (χ0v) is 14.1. The van der Waals surface area contributed by atoms with Crippen LogP contribution in [0.3, 0.4) is 0 Å². The molecule has 0 radical (unpaired) electrons. The van der Waals surface area contributed by atoms with E-state index in [0.717, 1.165) is 14.9 Å². The van der Waals surface area contributed by atoms with E-state index in [1.54, 1.807) is 24.3 Å². The van der Waals surface area contributed by atoms with Crippen molar-refractivity contribution >= 4 is 37.3 Å². The second-order valence-corrected chi connectivity index (χ2v) is 8.00. The maximum atomic E-state index is 12.2. The summed E-state index contributed by atoms with van der Waals surface area (Å²) >= 11 is 4.88. The minimum atomic E-state index is -3.50. The van der Waals surface area contributed by atoms with E-state index < -0.39 is 10.0 Å². The van der Waals surface area contributed by atoms with E-state index in [1.165, 1.54) is 11.3 Å². The zero-order valence-electron chi connectivity index (χ0n) is 10.8. The Bertz CT molecular complexity index is 679. The molecule has 2 aromatic rings. The topological polar surface area (TPSA) is 72.2 Å². The van der Waals surface area contributed by atoms with Crippen molar-refractivity contribution in [1.82, 2.24) is 4.72 Å². The van der Waals surface area contributed by atoms with E-state index in [1.807, 2.05) is 18.4 Å². The van der Waals surface area contributed by atoms with E-state index in [2.05, 4.69) is 20.7 Å². The number of nitrogens with one attached hydrogen (secondary N) is 1. The lowest BCUT2D eigenvalue weighted by atomic mass is 10.1. The number of rotatable bonds is 5. The first-order valence-electron chi connectivity index (χ1n) is 5.97. The molecule has 0 amide bonds. The van der Waals surface area contributed by atoms with E-state index in [-0.39, 0.29) is 17.5 Å². The van der Waals surface area contributed by atoms with Crippen molar-refractivity contribution in [1.29, 1.82) is 0 Å². The largest absolute Gasteiger partial charge is 0.324 e. The third-order valence-corrected chi connectivity index (χ3v) is 6.17. The summed E-state index contributed by atoms with van der Waals surface area (Å²) in [6.45, 7) is 2.13. The van der Waals surface area contributed by atoms with Crippen LogP contribution in [0.2, 0.25) is 0 Å². The van der Waals surface area contributed by atoms with Crippen LogP contribution in [0.5, 0.6) is 0 Å². The van der Waals surface area contributed by atoms with Crippen molar-refractivity contribution in [3.8, 4) is 0 Å². The van der Waals surface area contributed by atoms with Gasteiger partial charge in [0, 0.05) is 21.9 Å². The van der Waals surface area contributed by atoms with Gasteiger partial charge in [-0.2, -0.15) is 0 Å². The molecule has 20 heavy (non-hydrogen) atoms. The van der Waals surface area contributed by atoms with E-state index in [4.69, 9.17) is 5.73 Å². The standard InChI is InChI=1S/C13H15BrN2O2S2/c1-9(15)10-2-4-11(5-3-10)20(17,18)16-8-13-12(14)6-7-19-13/h2-7,9,16H,8,15H2,1H3. The quantitative estimate of drug-likeness (QED) is 0.844. The molecule has 1 unspecified atom stereocenters. The molecule has 0 bridgehead atoms. The Morgan fingerprint density at radius 2 is 1.95 bits per heavy atom. The first kappa shape index (κ1) is 15.7. The highest BCUT2D eigenvalue weighted by molar-refractivity contribution is 9.10. The Labute approximate surface area is 131 Å². The van der Waals surface area contributed by atoms with Crippen molar-refractivity contribution in [3.63, 3.8) is 0 Å². The molecule has 1 aromatic carbocycles. The van der Waals surface area contributed by atoms with Crippen molar-refractivity contribution in [2.45, 2.75) is 24.4 Å². The van der Waals surface area contributed by atoms with Crippen molar-refractivity contribution in [2.24, 2.45) is 5.73 Å². The van der Waals surface area contributed by atoms with Gasteiger partial charge in [-0.05, 0) is 52.0 Å². The van der Waals surface area contributed by atoms with Gasteiger partial charge < -0.3 is 5.73 Å².